The van der Waals surface area contributed by atoms with E-state index in [1.54, 1.807) is 12.1 Å². The van der Waals surface area contributed by atoms with Crippen LogP contribution in [0.5, 0.6) is 0 Å². The molecule has 34 heavy (non-hydrogen) atoms. The molecule has 0 aliphatic carbocycles. The fourth-order valence-electron chi connectivity index (χ4n) is 3.86. The van der Waals surface area contributed by atoms with Crippen LogP contribution in [0.25, 0.3) is 0 Å². The summed E-state index contributed by atoms with van der Waals surface area (Å²) < 4.78 is 9.59. The lowest BCUT2D eigenvalue weighted by Gasteiger charge is -2.37. The largest absolute Gasteiger partial charge is 0.465 e. The molecule has 0 unspecified atom stereocenters. The van der Waals surface area contributed by atoms with E-state index in [1.165, 1.54) is 32.3 Å². The molecule has 1 aliphatic rings. The van der Waals surface area contributed by atoms with Crippen molar-refractivity contribution in [1.82, 2.24) is 9.97 Å². The number of esters is 2. The van der Waals surface area contributed by atoms with Gasteiger partial charge in [-0.25, -0.2) is 19.6 Å². The minimum absolute atomic E-state index is 0.192. The number of aromatic nitrogens is 2. The summed E-state index contributed by atoms with van der Waals surface area (Å²) in [5.41, 5.74) is 8.81. The Morgan fingerprint density at radius 1 is 0.882 bits per heavy atom. The third kappa shape index (κ3) is 4.85. The Bertz CT molecular complexity index is 1150. The van der Waals surface area contributed by atoms with Crippen LogP contribution >= 0.6 is 0 Å². The summed E-state index contributed by atoms with van der Waals surface area (Å²) in [4.78, 5) is 37.3. The van der Waals surface area contributed by atoms with Gasteiger partial charge in [0.25, 0.3) is 0 Å². The van der Waals surface area contributed by atoms with Crippen molar-refractivity contribution in [3.8, 4) is 0 Å². The van der Waals surface area contributed by atoms with Crippen molar-refractivity contribution in [3.05, 3.63) is 66.0 Å². The summed E-state index contributed by atoms with van der Waals surface area (Å²) >= 11 is 0. The molecule has 0 amide bonds. The standard InChI is InChI=1S/C24H26N6O4/c1-33-23(31)16-12-17(24(32)34-2)14-18(13-16)28-21-20(25)22(27-15-26-21)30-10-8-29(9-11-30)19-6-4-3-5-7-19/h3-7,12-15H,8-11,25H2,1-2H3,(H,26,27,28). The highest BCUT2D eigenvalue weighted by molar-refractivity contribution is 5.97. The average Bonchev–Trinajstić information content (AvgIpc) is 2.89. The van der Waals surface area contributed by atoms with Gasteiger partial charge < -0.3 is 30.3 Å². The topological polar surface area (TPSA) is 123 Å². The number of nitrogens with one attached hydrogen (secondary N) is 1. The van der Waals surface area contributed by atoms with Gasteiger partial charge in [0.1, 0.15) is 12.0 Å². The molecule has 3 N–H and O–H groups in total. The molecule has 0 radical (unpaired) electrons. The first kappa shape index (κ1) is 22.8. The molecule has 3 aromatic rings. The van der Waals surface area contributed by atoms with E-state index < -0.39 is 11.9 Å². The molecule has 1 saturated heterocycles. The van der Waals surface area contributed by atoms with Crippen molar-refractivity contribution < 1.29 is 19.1 Å². The van der Waals surface area contributed by atoms with Gasteiger partial charge >= 0.3 is 11.9 Å². The molecule has 176 valence electrons. The third-order valence-corrected chi connectivity index (χ3v) is 5.60. The molecule has 2 heterocycles. The number of piperazine rings is 1. The Balaban J connectivity index is 1.55. The highest BCUT2D eigenvalue weighted by Crippen LogP contribution is 2.30. The van der Waals surface area contributed by atoms with Crippen LogP contribution in [-0.2, 0) is 9.47 Å². The van der Waals surface area contributed by atoms with Gasteiger partial charge in [-0.05, 0) is 30.3 Å². The highest BCUT2D eigenvalue weighted by Gasteiger charge is 2.22. The van der Waals surface area contributed by atoms with Gasteiger partial charge in [0, 0.05) is 37.6 Å². The maximum Gasteiger partial charge on any atom is 0.337 e. The first-order valence-electron chi connectivity index (χ1n) is 10.7. The van der Waals surface area contributed by atoms with E-state index in [-0.39, 0.29) is 11.1 Å². The Labute approximate surface area is 197 Å². The minimum Gasteiger partial charge on any atom is -0.465 e. The average molecular weight is 463 g/mol. The van der Waals surface area contributed by atoms with E-state index >= 15 is 0 Å². The third-order valence-electron chi connectivity index (χ3n) is 5.60. The van der Waals surface area contributed by atoms with E-state index in [2.05, 4.69) is 37.2 Å². The van der Waals surface area contributed by atoms with Crippen LogP contribution in [0.2, 0.25) is 0 Å². The summed E-state index contributed by atoms with van der Waals surface area (Å²) in [5.74, 6) is -0.168. The zero-order valence-electron chi connectivity index (χ0n) is 19.0. The fraction of sp³-hybridized carbons (Fsp3) is 0.250. The van der Waals surface area contributed by atoms with Crippen molar-refractivity contribution >= 4 is 40.6 Å². The summed E-state index contributed by atoms with van der Waals surface area (Å²) in [6.45, 7) is 3.17. The Kier molecular flexibility index (Phi) is 6.77. The van der Waals surface area contributed by atoms with Crippen LogP contribution in [0.15, 0.2) is 54.9 Å². The number of benzene rings is 2. The van der Waals surface area contributed by atoms with E-state index in [1.807, 2.05) is 18.2 Å². The first-order chi connectivity index (χ1) is 16.5. The SMILES string of the molecule is COC(=O)c1cc(Nc2ncnc(N3CCN(c4ccccc4)CC3)c2N)cc(C(=O)OC)c1. The number of anilines is 5. The van der Waals surface area contributed by atoms with Crippen LogP contribution in [-0.4, -0.2) is 62.3 Å². The molecule has 1 aromatic heterocycles. The smallest absolute Gasteiger partial charge is 0.337 e. The maximum absolute atomic E-state index is 12.1. The number of nitrogens with two attached hydrogens (primary N) is 1. The quantitative estimate of drug-likeness (QED) is 0.529. The zero-order chi connectivity index (χ0) is 24.1. The number of nitrogens with zero attached hydrogens (tertiary/aromatic N) is 4. The summed E-state index contributed by atoms with van der Waals surface area (Å²) in [6, 6.07) is 14.8. The minimum atomic E-state index is -0.582. The molecular formula is C24H26N6O4. The van der Waals surface area contributed by atoms with E-state index in [0.29, 0.717) is 23.0 Å². The highest BCUT2D eigenvalue weighted by atomic mass is 16.5. The number of rotatable bonds is 6. The summed E-state index contributed by atoms with van der Waals surface area (Å²) in [5, 5.41) is 3.10. The van der Waals surface area contributed by atoms with Crippen LogP contribution in [0.3, 0.4) is 0 Å². The van der Waals surface area contributed by atoms with Crippen LogP contribution in [0, 0.1) is 0 Å². The zero-order valence-corrected chi connectivity index (χ0v) is 19.0. The molecule has 0 saturated carbocycles. The molecular weight excluding hydrogens is 436 g/mol. The van der Waals surface area contributed by atoms with Crippen LogP contribution < -0.4 is 20.9 Å². The van der Waals surface area contributed by atoms with Crippen molar-refractivity contribution in [2.75, 3.05) is 61.2 Å². The molecule has 4 rings (SSSR count). The van der Waals surface area contributed by atoms with Gasteiger partial charge in [0.2, 0.25) is 0 Å². The van der Waals surface area contributed by atoms with Gasteiger partial charge in [0.15, 0.2) is 11.6 Å². The second-order valence-corrected chi connectivity index (χ2v) is 7.68. The van der Waals surface area contributed by atoms with E-state index in [0.717, 1.165) is 26.2 Å². The molecule has 0 bridgehead atoms. The number of carbonyl (C=O) groups excluding carboxylic acids is 2. The van der Waals surface area contributed by atoms with Crippen molar-refractivity contribution in [3.63, 3.8) is 0 Å². The molecule has 0 atom stereocenters. The van der Waals surface area contributed by atoms with Gasteiger partial charge in [-0.15, -0.1) is 0 Å². The van der Waals surface area contributed by atoms with Crippen LogP contribution in [0.1, 0.15) is 20.7 Å². The molecule has 0 spiro atoms. The van der Waals surface area contributed by atoms with Gasteiger partial charge in [-0.2, -0.15) is 0 Å². The molecule has 10 nitrogen and oxygen atoms in total. The van der Waals surface area contributed by atoms with Gasteiger partial charge in [-0.3, -0.25) is 0 Å². The number of hydrogen-bond donors (Lipinski definition) is 2. The lowest BCUT2D eigenvalue weighted by Crippen LogP contribution is -2.47. The molecule has 1 aliphatic heterocycles. The number of methoxy groups -OCH3 is 2. The van der Waals surface area contributed by atoms with Gasteiger partial charge in [-0.1, -0.05) is 18.2 Å². The number of hydrogen-bond acceptors (Lipinski definition) is 10. The van der Waals surface area contributed by atoms with Crippen LogP contribution in [0.4, 0.5) is 28.7 Å². The second-order valence-electron chi connectivity index (χ2n) is 7.68. The number of ether oxygens (including phenoxy) is 2. The normalized spacial score (nSPS) is 13.4. The van der Waals surface area contributed by atoms with Crippen molar-refractivity contribution in [1.29, 1.82) is 0 Å². The monoisotopic (exact) mass is 462 g/mol. The first-order valence-corrected chi connectivity index (χ1v) is 10.7. The van der Waals surface area contributed by atoms with E-state index in [9.17, 15) is 9.59 Å². The fourth-order valence-corrected chi connectivity index (χ4v) is 3.86. The predicted octanol–water partition coefficient (Wildman–Crippen LogP) is 2.70. The van der Waals surface area contributed by atoms with Crippen molar-refractivity contribution in [2.24, 2.45) is 0 Å². The number of nitrogen functional groups attached to an aromatic ring is 1. The number of carbonyl (C=O) groups is 2. The summed E-state index contributed by atoms with van der Waals surface area (Å²) in [7, 11) is 2.54. The lowest BCUT2D eigenvalue weighted by molar-refractivity contribution is 0.0599. The summed E-state index contributed by atoms with van der Waals surface area (Å²) in [6.07, 6.45) is 1.43. The molecule has 1 fully saturated rings. The number of para-hydroxylation sites is 1. The maximum atomic E-state index is 12.1. The Morgan fingerprint density at radius 3 is 2.06 bits per heavy atom. The second kappa shape index (κ2) is 10.1. The lowest BCUT2D eigenvalue weighted by atomic mass is 10.1. The molecule has 2 aromatic carbocycles. The Hall–Kier alpha value is -4.34. The molecule has 10 heteroatoms. The van der Waals surface area contributed by atoms with E-state index in [4.69, 9.17) is 15.2 Å². The van der Waals surface area contributed by atoms with Crippen molar-refractivity contribution in [2.45, 2.75) is 0 Å². The predicted molar refractivity (Wildman–Crippen MR) is 130 cm³/mol. The van der Waals surface area contributed by atoms with Gasteiger partial charge in [0.05, 0.1) is 25.3 Å². The Morgan fingerprint density at radius 2 is 1.47 bits per heavy atom.